The average molecular weight is 360 g/mol. The third-order valence-electron chi connectivity index (χ3n) is 4.71. The second kappa shape index (κ2) is 5.77. The largest absolute Gasteiger partial charge is 0.338 e. The van der Waals surface area contributed by atoms with Gasteiger partial charge in [-0.2, -0.15) is 4.98 Å². The van der Waals surface area contributed by atoms with Crippen molar-refractivity contribution in [2.45, 2.75) is 19.5 Å². The highest BCUT2D eigenvalue weighted by Gasteiger charge is 2.25. The van der Waals surface area contributed by atoms with Crippen LogP contribution in [0, 0.1) is 0 Å². The van der Waals surface area contributed by atoms with Crippen LogP contribution in [0.4, 0.5) is 5.95 Å². The molecule has 0 unspecified atom stereocenters. The van der Waals surface area contributed by atoms with Gasteiger partial charge >= 0.3 is 5.69 Å². The van der Waals surface area contributed by atoms with Gasteiger partial charge in [-0.25, -0.2) is 4.79 Å². The van der Waals surface area contributed by atoms with E-state index in [0.717, 1.165) is 35.6 Å². The highest BCUT2D eigenvalue weighted by molar-refractivity contribution is 6.30. The van der Waals surface area contributed by atoms with Gasteiger partial charge in [-0.15, -0.1) is 0 Å². The Hall–Kier alpha value is -2.54. The quantitative estimate of drug-likeness (QED) is 0.695. The molecule has 1 aliphatic heterocycles. The summed E-state index contributed by atoms with van der Waals surface area (Å²) in [6, 6.07) is 7.70. The fraction of sp³-hybridized carbons (Fsp3) is 0.353. The molecule has 130 valence electrons. The number of aryl methyl sites for hydroxylation is 2. The summed E-state index contributed by atoms with van der Waals surface area (Å²) in [5.41, 5.74) is 1.38. The molecule has 25 heavy (non-hydrogen) atoms. The van der Waals surface area contributed by atoms with E-state index in [2.05, 4.69) is 9.88 Å². The fourth-order valence-corrected chi connectivity index (χ4v) is 3.49. The van der Waals surface area contributed by atoms with Crippen LogP contribution in [0.15, 0.2) is 33.9 Å². The number of hydrogen-bond acceptors (Lipinski definition) is 4. The Morgan fingerprint density at radius 1 is 1.08 bits per heavy atom. The summed E-state index contributed by atoms with van der Waals surface area (Å²) in [6.07, 6.45) is 0.915. The van der Waals surface area contributed by atoms with Gasteiger partial charge in [-0.3, -0.25) is 13.9 Å². The van der Waals surface area contributed by atoms with Crippen LogP contribution in [-0.4, -0.2) is 25.2 Å². The number of rotatable bonds is 2. The number of benzene rings is 1. The first-order chi connectivity index (χ1) is 12.0. The van der Waals surface area contributed by atoms with E-state index in [1.807, 2.05) is 28.8 Å². The third kappa shape index (κ3) is 2.46. The molecule has 1 aromatic carbocycles. The van der Waals surface area contributed by atoms with Crippen LogP contribution in [0.1, 0.15) is 12.0 Å². The zero-order valence-electron chi connectivity index (χ0n) is 14.1. The highest BCUT2D eigenvalue weighted by atomic mass is 35.5. The number of fused-ring (bicyclic) bond motifs is 3. The van der Waals surface area contributed by atoms with Crippen LogP contribution in [-0.2, 0) is 27.2 Å². The van der Waals surface area contributed by atoms with Gasteiger partial charge in [0.15, 0.2) is 11.2 Å². The van der Waals surface area contributed by atoms with Gasteiger partial charge in [-0.05, 0) is 24.1 Å². The lowest BCUT2D eigenvalue weighted by Crippen LogP contribution is -2.38. The van der Waals surface area contributed by atoms with Crippen molar-refractivity contribution in [3.8, 4) is 0 Å². The lowest BCUT2D eigenvalue weighted by molar-refractivity contribution is 0.562. The minimum Gasteiger partial charge on any atom is -0.338 e. The second-order valence-corrected chi connectivity index (χ2v) is 6.78. The van der Waals surface area contributed by atoms with Gasteiger partial charge in [0, 0.05) is 38.8 Å². The summed E-state index contributed by atoms with van der Waals surface area (Å²) >= 11 is 5.95. The molecule has 7 nitrogen and oxygen atoms in total. The summed E-state index contributed by atoms with van der Waals surface area (Å²) in [7, 11) is 3.14. The van der Waals surface area contributed by atoms with Crippen molar-refractivity contribution < 1.29 is 0 Å². The molecule has 0 aliphatic carbocycles. The van der Waals surface area contributed by atoms with E-state index in [1.165, 1.54) is 11.6 Å². The van der Waals surface area contributed by atoms with Gasteiger partial charge < -0.3 is 9.47 Å². The molecule has 2 aromatic heterocycles. The lowest BCUT2D eigenvalue weighted by atomic mass is 10.2. The van der Waals surface area contributed by atoms with Crippen molar-refractivity contribution in [3.63, 3.8) is 0 Å². The molecule has 3 heterocycles. The van der Waals surface area contributed by atoms with E-state index in [9.17, 15) is 9.59 Å². The predicted octanol–water partition coefficient (Wildman–Crippen LogP) is 1.50. The molecule has 0 N–H and O–H groups in total. The molecule has 0 bridgehead atoms. The predicted molar refractivity (Wildman–Crippen MR) is 97.3 cm³/mol. The second-order valence-electron chi connectivity index (χ2n) is 6.34. The Labute approximate surface area is 148 Å². The number of anilines is 1. The number of nitrogens with zero attached hydrogens (tertiary/aromatic N) is 5. The summed E-state index contributed by atoms with van der Waals surface area (Å²) in [5, 5.41) is 0.702. The maximum atomic E-state index is 12.6. The molecular weight excluding hydrogens is 342 g/mol. The number of aromatic nitrogens is 4. The van der Waals surface area contributed by atoms with E-state index < -0.39 is 0 Å². The van der Waals surface area contributed by atoms with Gasteiger partial charge in [0.1, 0.15) is 0 Å². The molecule has 0 saturated carbocycles. The number of hydrogen-bond donors (Lipinski definition) is 0. The molecule has 3 aromatic rings. The average Bonchev–Trinajstić information content (AvgIpc) is 3.01. The zero-order chi connectivity index (χ0) is 17.7. The van der Waals surface area contributed by atoms with Crippen LogP contribution in [0.25, 0.3) is 11.2 Å². The normalized spacial score (nSPS) is 14.1. The van der Waals surface area contributed by atoms with Crippen molar-refractivity contribution in [2.75, 3.05) is 11.4 Å². The van der Waals surface area contributed by atoms with Crippen molar-refractivity contribution in [1.82, 2.24) is 18.7 Å². The maximum absolute atomic E-state index is 12.6. The van der Waals surface area contributed by atoms with Crippen molar-refractivity contribution in [1.29, 1.82) is 0 Å². The molecule has 0 atom stereocenters. The van der Waals surface area contributed by atoms with E-state index in [-0.39, 0.29) is 11.2 Å². The van der Waals surface area contributed by atoms with Gasteiger partial charge in [0.05, 0.1) is 0 Å². The minimum atomic E-state index is -0.364. The minimum absolute atomic E-state index is 0.301. The van der Waals surface area contributed by atoms with E-state index in [1.54, 1.807) is 7.05 Å². The Balaban J connectivity index is 1.86. The monoisotopic (exact) mass is 359 g/mol. The molecule has 8 heteroatoms. The number of halogens is 1. The third-order valence-corrected chi connectivity index (χ3v) is 4.96. The zero-order valence-corrected chi connectivity index (χ0v) is 14.8. The van der Waals surface area contributed by atoms with Gasteiger partial charge in [0.2, 0.25) is 5.95 Å². The smallest absolute Gasteiger partial charge is 0.332 e. The van der Waals surface area contributed by atoms with E-state index >= 15 is 0 Å². The Morgan fingerprint density at radius 3 is 2.52 bits per heavy atom. The maximum Gasteiger partial charge on any atom is 0.332 e. The first-order valence-corrected chi connectivity index (χ1v) is 8.51. The summed E-state index contributed by atoms with van der Waals surface area (Å²) in [6.45, 7) is 2.24. The Kier molecular flexibility index (Phi) is 3.68. The molecule has 0 saturated heterocycles. The Morgan fingerprint density at radius 2 is 1.80 bits per heavy atom. The summed E-state index contributed by atoms with van der Waals surface area (Å²) in [4.78, 5) is 31.5. The van der Waals surface area contributed by atoms with Crippen molar-refractivity contribution in [3.05, 3.63) is 55.7 Å². The first-order valence-electron chi connectivity index (χ1n) is 8.13. The summed E-state index contributed by atoms with van der Waals surface area (Å²) < 4.78 is 4.49. The first kappa shape index (κ1) is 16.0. The van der Waals surface area contributed by atoms with Crippen LogP contribution < -0.4 is 16.1 Å². The van der Waals surface area contributed by atoms with Crippen LogP contribution in [0.5, 0.6) is 0 Å². The Bertz CT molecular complexity index is 1080. The highest BCUT2D eigenvalue weighted by Crippen LogP contribution is 2.26. The molecular formula is C17H18ClN5O2. The van der Waals surface area contributed by atoms with Crippen LogP contribution in [0.2, 0.25) is 5.02 Å². The van der Waals surface area contributed by atoms with Gasteiger partial charge in [0.25, 0.3) is 5.56 Å². The number of imidazole rings is 1. The summed E-state index contributed by atoms with van der Waals surface area (Å²) in [5.74, 6) is 0.731. The molecule has 0 radical (unpaired) electrons. The molecule has 0 fully saturated rings. The topological polar surface area (TPSA) is 65.1 Å². The van der Waals surface area contributed by atoms with E-state index in [4.69, 9.17) is 11.6 Å². The van der Waals surface area contributed by atoms with Crippen LogP contribution in [0.3, 0.4) is 0 Å². The molecule has 0 amide bonds. The van der Waals surface area contributed by atoms with Crippen LogP contribution >= 0.6 is 11.6 Å². The SMILES string of the molecule is Cn1c(=O)c2c(nc3n2CCCN3Cc2ccc(Cl)cc2)n(C)c1=O. The van der Waals surface area contributed by atoms with Crippen molar-refractivity contribution in [2.24, 2.45) is 14.1 Å². The molecule has 4 rings (SSSR count). The molecule has 0 spiro atoms. The fourth-order valence-electron chi connectivity index (χ4n) is 3.37. The molecule has 1 aliphatic rings. The van der Waals surface area contributed by atoms with E-state index in [0.29, 0.717) is 22.7 Å². The lowest BCUT2D eigenvalue weighted by Gasteiger charge is -2.29. The van der Waals surface area contributed by atoms with Gasteiger partial charge in [-0.1, -0.05) is 23.7 Å². The standard InChI is InChI=1S/C17H18ClN5O2/c1-20-14-13(15(24)21(2)17(20)25)23-9-3-8-22(16(23)19-14)10-11-4-6-12(18)7-5-11/h4-7H,3,8-10H2,1-2H3. The van der Waals surface area contributed by atoms with Crippen molar-refractivity contribution >= 4 is 28.7 Å².